The van der Waals surface area contributed by atoms with E-state index in [1.165, 1.54) is 10.8 Å². The van der Waals surface area contributed by atoms with Crippen LogP contribution in [0, 0.1) is 5.92 Å². The quantitative estimate of drug-likeness (QED) is 0.799. The van der Waals surface area contributed by atoms with Crippen LogP contribution in [0.2, 0.25) is 16.6 Å². The second kappa shape index (κ2) is 6.35. The molecule has 2 heteroatoms. The number of hydrogen-bond acceptors (Lipinski definition) is 1. The summed E-state index contributed by atoms with van der Waals surface area (Å²) < 4.78 is 0. The van der Waals surface area contributed by atoms with Crippen LogP contribution in [0.3, 0.4) is 0 Å². The van der Waals surface area contributed by atoms with E-state index in [1.54, 1.807) is 6.07 Å². The van der Waals surface area contributed by atoms with Gasteiger partial charge in [0.2, 0.25) is 0 Å². The summed E-state index contributed by atoms with van der Waals surface area (Å²) in [6, 6.07) is 7.77. The van der Waals surface area contributed by atoms with Crippen LogP contribution in [0.5, 0.6) is 5.75 Å². The van der Waals surface area contributed by atoms with Gasteiger partial charge in [-0.1, -0.05) is 0 Å². The summed E-state index contributed by atoms with van der Waals surface area (Å²) >= 11 is -0.559. The first-order chi connectivity index (χ1) is 7.54. The van der Waals surface area contributed by atoms with Crippen molar-refractivity contribution >= 4 is 14.7 Å². The van der Waals surface area contributed by atoms with Crippen molar-refractivity contribution in [1.82, 2.24) is 0 Å². The van der Waals surface area contributed by atoms with Gasteiger partial charge >= 0.3 is 104 Å². The van der Waals surface area contributed by atoms with Crippen molar-refractivity contribution in [3.05, 3.63) is 29.8 Å². The molecule has 90 valence electrons. The summed E-state index contributed by atoms with van der Waals surface area (Å²) in [5, 5.41) is 10.9. The Morgan fingerprint density at radius 1 is 1.31 bits per heavy atom. The van der Waals surface area contributed by atoms with Gasteiger partial charge in [0.1, 0.15) is 0 Å². The van der Waals surface area contributed by atoms with Crippen molar-refractivity contribution in [1.29, 1.82) is 0 Å². The molecular formula is C14H23AsO. The molecule has 0 saturated carbocycles. The molecular weight excluding hydrogens is 259 g/mol. The third kappa shape index (κ3) is 3.86. The molecule has 0 bridgehead atoms. The topological polar surface area (TPSA) is 20.2 Å². The van der Waals surface area contributed by atoms with Crippen molar-refractivity contribution in [2.75, 3.05) is 0 Å². The molecule has 0 saturated heterocycles. The maximum atomic E-state index is 9.53. The van der Waals surface area contributed by atoms with Gasteiger partial charge in [0, 0.05) is 0 Å². The molecule has 0 aliphatic heterocycles. The van der Waals surface area contributed by atoms with E-state index >= 15 is 0 Å². The van der Waals surface area contributed by atoms with E-state index in [9.17, 15) is 5.11 Å². The zero-order chi connectivity index (χ0) is 12.1. The molecule has 0 spiro atoms. The predicted molar refractivity (Wildman–Crippen MR) is 72.6 cm³/mol. The second-order valence-electron chi connectivity index (χ2n) is 4.85. The average molecular weight is 282 g/mol. The monoisotopic (exact) mass is 282 g/mol. The van der Waals surface area contributed by atoms with E-state index < -0.39 is 14.7 Å². The van der Waals surface area contributed by atoms with Gasteiger partial charge in [-0.25, -0.2) is 0 Å². The Balaban J connectivity index is 2.81. The van der Waals surface area contributed by atoms with Gasteiger partial charge in [0.05, 0.1) is 0 Å². The van der Waals surface area contributed by atoms with Crippen LogP contribution in [0.15, 0.2) is 24.3 Å². The Bertz CT molecular complexity index is 322. The summed E-state index contributed by atoms with van der Waals surface area (Å²) in [5.41, 5.74) is 6.13. The average Bonchev–Trinajstić information content (AvgIpc) is 2.17. The molecule has 0 heterocycles. The van der Waals surface area contributed by atoms with Crippen molar-refractivity contribution in [2.24, 2.45) is 5.92 Å². The molecule has 1 aromatic carbocycles. The predicted octanol–water partition coefficient (Wildman–Crippen LogP) is 4.28. The Labute approximate surface area is 104 Å². The Morgan fingerprint density at radius 3 is 2.50 bits per heavy atom. The summed E-state index contributed by atoms with van der Waals surface area (Å²) in [6.07, 6.45) is 1.16. The number of phenols is 1. The summed E-state index contributed by atoms with van der Waals surface area (Å²) in [5.74, 6) is 1.73. The van der Waals surface area contributed by atoms with Crippen LogP contribution in [0.4, 0.5) is 0 Å². The molecule has 0 aliphatic carbocycles. The first kappa shape index (κ1) is 13.6. The van der Waals surface area contributed by atoms with Crippen molar-refractivity contribution < 1.29 is 5.11 Å². The number of phenolic OH excluding ortho intramolecular Hbond substituents is 1. The molecule has 1 N–H and O–H groups in total. The van der Waals surface area contributed by atoms with Gasteiger partial charge in [0.25, 0.3) is 0 Å². The molecule has 2 unspecified atom stereocenters. The van der Waals surface area contributed by atoms with Gasteiger partial charge in [-0.05, 0) is 0 Å². The standard InChI is InChI=1S/C14H23AsO/c1-5-14(11(2)10-15(3)4)12-7-6-8-13(16)9-12/h6-9,11,14,16H,5,10H2,1-4H3. The zero-order valence-corrected chi connectivity index (χ0v) is 12.6. The van der Waals surface area contributed by atoms with Gasteiger partial charge in [0.15, 0.2) is 0 Å². The van der Waals surface area contributed by atoms with Gasteiger partial charge in [-0.3, -0.25) is 0 Å². The molecule has 0 fully saturated rings. The third-order valence-corrected chi connectivity index (χ3v) is 5.82. The van der Waals surface area contributed by atoms with E-state index in [0.29, 0.717) is 11.7 Å². The number of hydrogen-bond donors (Lipinski definition) is 1. The molecule has 0 amide bonds. The fourth-order valence-electron chi connectivity index (χ4n) is 2.43. The first-order valence-corrected chi connectivity index (χ1v) is 11.1. The molecule has 16 heavy (non-hydrogen) atoms. The molecule has 0 aromatic heterocycles. The molecule has 0 aliphatic rings. The normalized spacial score (nSPS) is 15.1. The van der Waals surface area contributed by atoms with Crippen molar-refractivity contribution in [2.45, 2.75) is 42.8 Å². The van der Waals surface area contributed by atoms with Crippen LogP contribution < -0.4 is 0 Å². The second-order valence-corrected chi connectivity index (χ2v) is 10.1. The van der Waals surface area contributed by atoms with Gasteiger partial charge < -0.3 is 0 Å². The SMILES string of the molecule is CCC(c1cccc(O)c1)C(C)C[As](C)C. The Kier molecular flexibility index (Phi) is 5.41. The van der Waals surface area contributed by atoms with Crippen LogP contribution in [-0.2, 0) is 0 Å². The van der Waals surface area contributed by atoms with E-state index in [1.807, 2.05) is 12.1 Å². The third-order valence-electron chi connectivity index (χ3n) is 3.08. The number of rotatable bonds is 5. The molecule has 1 aromatic rings. The number of aromatic hydroxyl groups is 1. The van der Waals surface area contributed by atoms with Crippen molar-refractivity contribution in [3.63, 3.8) is 0 Å². The van der Waals surface area contributed by atoms with Crippen LogP contribution >= 0.6 is 0 Å². The molecule has 1 rings (SSSR count). The minimum absolute atomic E-state index is 0.394. The van der Waals surface area contributed by atoms with E-state index in [0.717, 1.165) is 12.3 Å². The van der Waals surface area contributed by atoms with Gasteiger partial charge in [-0.15, -0.1) is 0 Å². The minimum atomic E-state index is -0.559. The molecule has 1 nitrogen and oxygen atoms in total. The number of benzene rings is 1. The summed E-state index contributed by atoms with van der Waals surface area (Å²) in [6.45, 7) is 4.60. The zero-order valence-electron chi connectivity index (χ0n) is 10.8. The van der Waals surface area contributed by atoms with E-state index in [4.69, 9.17) is 0 Å². The fraction of sp³-hybridized carbons (Fsp3) is 0.571. The van der Waals surface area contributed by atoms with Crippen molar-refractivity contribution in [3.8, 4) is 5.75 Å². The van der Waals surface area contributed by atoms with Crippen LogP contribution in [0.1, 0.15) is 31.7 Å². The summed E-state index contributed by atoms with van der Waals surface area (Å²) in [4.78, 5) is 0. The fourth-order valence-corrected chi connectivity index (χ4v) is 5.38. The van der Waals surface area contributed by atoms with Gasteiger partial charge in [-0.2, -0.15) is 0 Å². The first-order valence-electron chi connectivity index (χ1n) is 5.98. The van der Waals surface area contributed by atoms with Crippen LogP contribution in [0.25, 0.3) is 0 Å². The molecule has 0 radical (unpaired) electrons. The Morgan fingerprint density at radius 2 is 2.00 bits per heavy atom. The Hall–Kier alpha value is -0.422. The summed E-state index contributed by atoms with van der Waals surface area (Å²) in [7, 11) is 0. The molecule has 2 atom stereocenters. The van der Waals surface area contributed by atoms with E-state index in [2.05, 4.69) is 31.3 Å². The van der Waals surface area contributed by atoms with Crippen LogP contribution in [-0.4, -0.2) is 19.8 Å². The maximum absolute atomic E-state index is 9.53. The van der Waals surface area contributed by atoms with E-state index in [-0.39, 0.29) is 0 Å².